The lowest BCUT2D eigenvalue weighted by molar-refractivity contribution is 0.0653. The highest BCUT2D eigenvalue weighted by Crippen LogP contribution is 2.16. The van der Waals surface area contributed by atoms with Crippen LogP contribution in [0.25, 0.3) is 0 Å². The van der Waals surface area contributed by atoms with Crippen molar-refractivity contribution in [2.45, 2.75) is 26.2 Å². The quantitative estimate of drug-likeness (QED) is 0.519. The third-order valence-electron chi connectivity index (χ3n) is 3.07. The van der Waals surface area contributed by atoms with Gasteiger partial charge in [0, 0.05) is 19.8 Å². The van der Waals surface area contributed by atoms with Gasteiger partial charge in [-0.15, -0.1) is 4.48 Å². The van der Waals surface area contributed by atoms with Crippen LogP contribution in [0.2, 0.25) is 0 Å². The van der Waals surface area contributed by atoms with Crippen molar-refractivity contribution in [3.05, 3.63) is 0 Å². The highest BCUT2D eigenvalue weighted by Gasteiger charge is 2.17. The monoisotopic (exact) mass is 218 g/mol. The minimum atomic E-state index is 0.397. The average molecular weight is 218 g/mol. The SMILES string of the molecule is CCN1CCC(COCCCNF)CC1. The average Bonchev–Trinajstić information content (AvgIpc) is 2.30. The van der Waals surface area contributed by atoms with Crippen molar-refractivity contribution < 1.29 is 9.22 Å². The summed E-state index contributed by atoms with van der Waals surface area (Å²) in [7, 11) is 0. The van der Waals surface area contributed by atoms with Crippen LogP contribution in [0.15, 0.2) is 0 Å². The maximum absolute atomic E-state index is 11.5. The van der Waals surface area contributed by atoms with Crippen LogP contribution in [0.3, 0.4) is 0 Å². The molecule has 1 rings (SSSR count). The summed E-state index contributed by atoms with van der Waals surface area (Å²) in [5, 5.41) is 0. The lowest BCUT2D eigenvalue weighted by Gasteiger charge is -2.30. The molecule has 0 aliphatic carbocycles. The molecule has 1 N–H and O–H groups in total. The Morgan fingerprint density at radius 1 is 1.40 bits per heavy atom. The van der Waals surface area contributed by atoms with E-state index in [4.69, 9.17) is 4.74 Å². The van der Waals surface area contributed by atoms with Crippen LogP contribution in [0, 0.1) is 5.92 Å². The van der Waals surface area contributed by atoms with Gasteiger partial charge in [-0.2, -0.15) is 5.54 Å². The lowest BCUT2D eigenvalue weighted by Crippen LogP contribution is -2.34. The van der Waals surface area contributed by atoms with E-state index in [1.165, 1.54) is 25.9 Å². The number of rotatable bonds is 7. The third kappa shape index (κ3) is 5.44. The maximum Gasteiger partial charge on any atom is 0.0495 e. The van der Waals surface area contributed by atoms with Gasteiger partial charge < -0.3 is 9.64 Å². The standard InChI is InChI=1S/C11H23FN2O/c1-2-14-7-4-11(5-8-14)10-15-9-3-6-13-12/h11,13H,2-10H2,1H3. The normalized spacial score (nSPS) is 19.6. The molecule has 0 aromatic rings. The van der Waals surface area contributed by atoms with Crippen LogP contribution in [-0.2, 0) is 4.74 Å². The van der Waals surface area contributed by atoms with Crippen molar-refractivity contribution in [2.24, 2.45) is 5.92 Å². The van der Waals surface area contributed by atoms with Crippen LogP contribution in [-0.4, -0.2) is 44.3 Å². The Bertz CT molecular complexity index is 150. The van der Waals surface area contributed by atoms with Gasteiger partial charge in [0.05, 0.1) is 0 Å². The Balaban J connectivity index is 1.94. The molecule has 0 aromatic carbocycles. The molecular weight excluding hydrogens is 195 g/mol. The first kappa shape index (κ1) is 12.9. The van der Waals surface area contributed by atoms with Crippen molar-refractivity contribution in [1.29, 1.82) is 0 Å². The van der Waals surface area contributed by atoms with Gasteiger partial charge in [0.2, 0.25) is 0 Å². The fraction of sp³-hybridized carbons (Fsp3) is 1.00. The van der Waals surface area contributed by atoms with E-state index < -0.39 is 0 Å². The summed E-state index contributed by atoms with van der Waals surface area (Å²) < 4.78 is 17.1. The van der Waals surface area contributed by atoms with Gasteiger partial charge in [-0.3, -0.25) is 0 Å². The lowest BCUT2D eigenvalue weighted by atomic mass is 9.98. The van der Waals surface area contributed by atoms with E-state index in [1.807, 2.05) is 0 Å². The van der Waals surface area contributed by atoms with Gasteiger partial charge >= 0.3 is 0 Å². The Labute approximate surface area is 91.9 Å². The van der Waals surface area contributed by atoms with Gasteiger partial charge in [-0.1, -0.05) is 6.92 Å². The molecule has 90 valence electrons. The van der Waals surface area contributed by atoms with Crippen LogP contribution in [0.5, 0.6) is 0 Å². The summed E-state index contributed by atoms with van der Waals surface area (Å²) in [6.07, 6.45) is 3.24. The molecule has 1 aliphatic heterocycles. The van der Waals surface area contributed by atoms with Crippen LogP contribution >= 0.6 is 0 Å². The number of nitrogens with one attached hydrogen (secondary N) is 1. The number of piperidine rings is 1. The van der Waals surface area contributed by atoms with E-state index in [1.54, 1.807) is 5.54 Å². The largest absolute Gasteiger partial charge is 0.381 e. The first-order valence-corrected chi connectivity index (χ1v) is 6.00. The maximum atomic E-state index is 11.5. The fourth-order valence-corrected chi connectivity index (χ4v) is 1.96. The summed E-state index contributed by atoms with van der Waals surface area (Å²) in [5.74, 6) is 0.714. The van der Waals surface area contributed by atoms with Crippen LogP contribution in [0.4, 0.5) is 4.48 Å². The van der Waals surface area contributed by atoms with Gasteiger partial charge in [0.25, 0.3) is 0 Å². The minimum absolute atomic E-state index is 0.397. The van der Waals surface area contributed by atoms with Crippen molar-refractivity contribution in [2.75, 3.05) is 39.4 Å². The number of halogens is 1. The second-order valence-corrected chi connectivity index (χ2v) is 4.19. The van der Waals surface area contributed by atoms with Gasteiger partial charge in [-0.05, 0) is 44.8 Å². The molecule has 0 bridgehead atoms. The summed E-state index contributed by atoms with van der Waals surface area (Å²) in [6.45, 7) is 7.70. The molecule has 0 spiro atoms. The number of nitrogens with zero attached hydrogens (tertiary/aromatic N) is 1. The first-order chi connectivity index (χ1) is 7.36. The van der Waals surface area contributed by atoms with E-state index in [-0.39, 0.29) is 0 Å². The molecule has 1 heterocycles. The van der Waals surface area contributed by atoms with Gasteiger partial charge in [-0.25, -0.2) is 0 Å². The summed E-state index contributed by atoms with van der Waals surface area (Å²) >= 11 is 0. The molecule has 0 aromatic heterocycles. The molecule has 0 amide bonds. The van der Waals surface area contributed by atoms with Crippen molar-refractivity contribution >= 4 is 0 Å². The highest BCUT2D eigenvalue weighted by atomic mass is 19.2. The Morgan fingerprint density at radius 2 is 2.13 bits per heavy atom. The molecule has 0 radical (unpaired) electrons. The zero-order valence-electron chi connectivity index (χ0n) is 9.67. The predicted octanol–water partition coefficient (Wildman–Crippen LogP) is 1.60. The van der Waals surface area contributed by atoms with E-state index >= 15 is 0 Å². The van der Waals surface area contributed by atoms with Crippen molar-refractivity contribution in [1.82, 2.24) is 10.4 Å². The smallest absolute Gasteiger partial charge is 0.0495 e. The topological polar surface area (TPSA) is 24.5 Å². The summed E-state index contributed by atoms with van der Waals surface area (Å²) in [5.41, 5.74) is 1.63. The Kier molecular flexibility index (Phi) is 6.88. The van der Waals surface area contributed by atoms with Gasteiger partial charge in [0.1, 0.15) is 0 Å². The summed E-state index contributed by atoms with van der Waals surface area (Å²) in [6, 6.07) is 0. The molecule has 15 heavy (non-hydrogen) atoms. The summed E-state index contributed by atoms with van der Waals surface area (Å²) in [4.78, 5) is 2.48. The van der Waals surface area contributed by atoms with Crippen LogP contribution < -0.4 is 5.54 Å². The van der Waals surface area contributed by atoms with E-state index in [0.29, 0.717) is 19.1 Å². The van der Waals surface area contributed by atoms with Crippen LogP contribution in [0.1, 0.15) is 26.2 Å². The molecule has 0 atom stereocenters. The Hall–Kier alpha value is -0.190. The molecule has 0 unspecified atom stereocenters. The van der Waals surface area contributed by atoms with E-state index in [2.05, 4.69) is 11.8 Å². The van der Waals surface area contributed by atoms with E-state index in [9.17, 15) is 4.48 Å². The number of hydrogen-bond donors (Lipinski definition) is 1. The predicted molar refractivity (Wildman–Crippen MR) is 59.4 cm³/mol. The second-order valence-electron chi connectivity index (χ2n) is 4.19. The van der Waals surface area contributed by atoms with E-state index in [0.717, 1.165) is 19.6 Å². The van der Waals surface area contributed by atoms with Gasteiger partial charge in [0.15, 0.2) is 0 Å². The van der Waals surface area contributed by atoms with Crippen molar-refractivity contribution in [3.63, 3.8) is 0 Å². The molecule has 1 fully saturated rings. The molecule has 1 saturated heterocycles. The molecular formula is C11H23FN2O. The number of hydrogen-bond acceptors (Lipinski definition) is 3. The van der Waals surface area contributed by atoms with Crippen molar-refractivity contribution in [3.8, 4) is 0 Å². The molecule has 0 saturated carbocycles. The number of likely N-dealkylation sites (tertiary alicyclic amines) is 1. The number of ether oxygens (including phenoxy) is 1. The second kappa shape index (κ2) is 8.02. The highest BCUT2D eigenvalue weighted by molar-refractivity contribution is 4.70. The zero-order chi connectivity index (χ0) is 10.9. The third-order valence-corrected chi connectivity index (χ3v) is 3.07. The molecule has 1 aliphatic rings. The zero-order valence-corrected chi connectivity index (χ0v) is 9.67. The fourth-order valence-electron chi connectivity index (χ4n) is 1.96. The molecule has 3 nitrogen and oxygen atoms in total. The first-order valence-electron chi connectivity index (χ1n) is 6.00. The molecule has 4 heteroatoms. The minimum Gasteiger partial charge on any atom is -0.381 e. The Morgan fingerprint density at radius 3 is 2.73 bits per heavy atom.